The molecule has 0 saturated carbocycles. The highest BCUT2D eigenvalue weighted by atomic mass is 32.2. The zero-order valence-electron chi connectivity index (χ0n) is 8.82. The molecule has 110 valence electrons. The second kappa shape index (κ2) is 6.78. The molecule has 10 heteroatoms. The van der Waals surface area contributed by atoms with Gasteiger partial charge in [0.15, 0.2) is 10.5 Å². The fourth-order valence-corrected chi connectivity index (χ4v) is 2.69. The third-order valence-corrected chi connectivity index (χ3v) is 3.82. The Balaban J connectivity index is 4.68. The normalized spacial score (nSPS) is 18.5. The van der Waals surface area contributed by atoms with Gasteiger partial charge in [0.05, 0.1) is 12.8 Å². The zero-order valence-corrected chi connectivity index (χ0v) is 9.64. The summed E-state index contributed by atoms with van der Waals surface area (Å²) < 4.78 is 107. The van der Waals surface area contributed by atoms with Crippen molar-refractivity contribution in [1.29, 1.82) is 0 Å². The Morgan fingerprint density at radius 3 is 1.22 bits per heavy atom. The minimum Gasteiger partial charge on any atom is -0.616 e. The highest BCUT2D eigenvalue weighted by Crippen LogP contribution is 2.31. The lowest BCUT2D eigenvalue weighted by atomic mass is 10.3. The van der Waals surface area contributed by atoms with Gasteiger partial charge in [-0.05, 0) is 11.2 Å². The Labute approximate surface area is 101 Å². The predicted molar refractivity (Wildman–Crippen MR) is 49.0 cm³/mol. The van der Waals surface area contributed by atoms with Gasteiger partial charge in [-0.1, -0.05) is 0 Å². The number of alkyl halides is 8. The van der Waals surface area contributed by atoms with Crippen LogP contribution in [0.3, 0.4) is 0 Å². The van der Waals surface area contributed by atoms with Crippen LogP contribution in [-0.2, 0) is 11.2 Å². The molecule has 2 atom stereocenters. The van der Waals surface area contributed by atoms with E-state index in [0.717, 1.165) is 0 Å². The second-order valence-electron chi connectivity index (χ2n) is 3.52. The molecule has 1 nitrogen and oxygen atoms in total. The molecule has 18 heavy (non-hydrogen) atoms. The summed E-state index contributed by atoms with van der Waals surface area (Å²) in [6, 6.07) is 0. The molecule has 0 N–H and O–H groups in total. The van der Waals surface area contributed by atoms with Gasteiger partial charge in [0.2, 0.25) is 0 Å². The zero-order chi connectivity index (χ0) is 14.6. The van der Waals surface area contributed by atoms with Crippen molar-refractivity contribution in [2.24, 2.45) is 0 Å². The molecular formula is C8H10F8OS. The van der Waals surface area contributed by atoms with E-state index in [1.165, 1.54) is 0 Å². The Kier molecular flexibility index (Phi) is 6.69. The van der Waals surface area contributed by atoms with E-state index in [1.807, 2.05) is 0 Å². The molecule has 0 radical (unpaired) electrons. The molecule has 0 aromatic heterocycles. The van der Waals surface area contributed by atoms with Crippen LogP contribution >= 0.6 is 0 Å². The molecule has 0 aliphatic carbocycles. The molecule has 0 saturated heterocycles. The maximum Gasteiger partial charge on any atom is 0.393 e. The molecule has 0 rings (SSSR count). The molecule has 0 aromatic carbocycles. The highest BCUT2D eigenvalue weighted by molar-refractivity contribution is 7.92. The van der Waals surface area contributed by atoms with E-state index in [0.29, 0.717) is 0 Å². The van der Waals surface area contributed by atoms with Gasteiger partial charge in [-0.15, -0.1) is 0 Å². The van der Waals surface area contributed by atoms with Crippen molar-refractivity contribution in [2.45, 2.75) is 35.7 Å². The van der Waals surface area contributed by atoms with Crippen LogP contribution in [-0.4, -0.2) is 40.8 Å². The van der Waals surface area contributed by atoms with E-state index in [-0.39, 0.29) is 0 Å². The molecule has 0 aromatic rings. The van der Waals surface area contributed by atoms with Crippen molar-refractivity contribution in [3.63, 3.8) is 0 Å². The number of halogens is 8. The molecule has 0 spiro atoms. The van der Waals surface area contributed by atoms with Crippen LogP contribution in [0.2, 0.25) is 0 Å². The molecular weight excluding hydrogens is 296 g/mol. The molecule has 0 bridgehead atoms. The summed E-state index contributed by atoms with van der Waals surface area (Å²) >= 11 is -2.88. The third-order valence-electron chi connectivity index (χ3n) is 1.92. The van der Waals surface area contributed by atoms with E-state index in [4.69, 9.17) is 0 Å². The van der Waals surface area contributed by atoms with Crippen molar-refractivity contribution < 1.29 is 39.7 Å². The Hall–Kier alpha value is -0.250. The first-order chi connectivity index (χ1) is 8.00. The van der Waals surface area contributed by atoms with Crippen LogP contribution in [0.4, 0.5) is 35.1 Å². The smallest absolute Gasteiger partial charge is 0.393 e. The van der Waals surface area contributed by atoms with Crippen molar-refractivity contribution in [3.8, 4) is 0 Å². The monoisotopic (exact) mass is 306 g/mol. The molecule has 0 aliphatic rings. The fourth-order valence-electron chi connectivity index (χ4n) is 1.19. The number of hydrogen-bond donors (Lipinski definition) is 0. The molecule has 0 heterocycles. The van der Waals surface area contributed by atoms with E-state index >= 15 is 0 Å². The van der Waals surface area contributed by atoms with E-state index in [1.54, 1.807) is 0 Å². The largest absolute Gasteiger partial charge is 0.616 e. The van der Waals surface area contributed by atoms with Gasteiger partial charge in [-0.25, -0.2) is 8.78 Å². The minimum atomic E-state index is -4.87. The van der Waals surface area contributed by atoms with Gasteiger partial charge in [0, 0.05) is 0 Å². The SMILES string of the molecule is [O-][S+](C(CF)CC(F)(F)F)C(CF)CC(F)(F)F. The average molecular weight is 306 g/mol. The van der Waals surface area contributed by atoms with Crippen LogP contribution in [0.5, 0.6) is 0 Å². The first kappa shape index (κ1) is 17.8. The minimum absolute atomic E-state index is 1.72. The molecule has 0 amide bonds. The van der Waals surface area contributed by atoms with Crippen molar-refractivity contribution in [3.05, 3.63) is 0 Å². The van der Waals surface area contributed by atoms with Gasteiger partial charge in [-0.3, -0.25) is 0 Å². The number of rotatable bonds is 6. The number of hydrogen-bond acceptors (Lipinski definition) is 1. The van der Waals surface area contributed by atoms with E-state index < -0.39 is 60.2 Å². The second-order valence-corrected chi connectivity index (χ2v) is 5.51. The summed E-state index contributed by atoms with van der Waals surface area (Å²) in [5.74, 6) is 0. The van der Waals surface area contributed by atoms with Crippen LogP contribution in [0.15, 0.2) is 0 Å². The van der Waals surface area contributed by atoms with Crippen LogP contribution in [0.25, 0.3) is 0 Å². The van der Waals surface area contributed by atoms with Crippen LogP contribution in [0, 0.1) is 0 Å². The first-order valence-electron chi connectivity index (χ1n) is 4.65. The lowest BCUT2D eigenvalue weighted by Crippen LogP contribution is -2.40. The van der Waals surface area contributed by atoms with Gasteiger partial charge in [-0.2, -0.15) is 26.3 Å². The molecule has 0 aliphatic heterocycles. The topological polar surface area (TPSA) is 23.1 Å². The Morgan fingerprint density at radius 1 is 0.778 bits per heavy atom. The average Bonchev–Trinajstić information content (AvgIpc) is 2.19. The molecule has 2 unspecified atom stereocenters. The first-order valence-corrected chi connectivity index (χ1v) is 5.92. The summed E-state index contributed by atoms with van der Waals surface area (Å²) in [5.41, 5.74) is 0. The predicted octanol–water partition coefficient (Wildman–Crippen LogP) is 3.32. The third kappa shape index (κ3) is 7.24. The lowest BCUT2D eigenvalue weighted by molar-refractivity contribution is -0.136. The van der Waals surface area contributed by atoms with Crippen LogP contribution < -0.4 is 0 Å². The standard InChI is InChI=1S/C8H10F8OS/c9-3-5(1-7(11,12)13)18(17)6(4-10)2-8(14,15)16/h5-6H,1-4H2. The van der Waals surface area contributed by atoms with E-state index in [2.05, 4.69) is 0 Å². The van der Waals surface area contributed by atoms with Gasteiger partial charge < -0.3 is 4.55 Å². The van der Waals surface area contributed by atoms with Gasteiger partial charge >= 0.3 is 12.4 Å². The quantitative estimate of drug-likeness (QED) is 0.545. The van der Waals surface area contributed by atoms with Crippen molar-refractivity contribution >= 4 is 11.2 Å². The van der Waals surface area contributed by atoms with Crippen molar-refractivity contribution in [1.82, 2.24) is 0 Å². The summed E-state index contributed by atoms with van der Waals surface area (Å²) in [7, 11) is 0. The molecule has 0 fully saturated rings. The maximum absolute atomic E-state index is 12.3. The van der Waals surface area contributed by atoms with Gasteiger partial charge in [0.1, 0.15) is 13.3 Å². The summed E-state index contributed by atoms with van der Waals surface area (Å²) in [4.78, 5) is 0. The summed E-state index contributed by atoms with van der Waals surface area (Å²) in [5, 5.41) is -4.35. The highest BCUT2D eigenvalue weighted by Gasteiger charge is 2.44. The van der Waals surface area contributed by atoms with E-state index in [9.17, 15) is 39.7 Å². The summed E-state index contributed by atoms with van der Waals surface area (Å²) in [6.07, 6.45) is -13.4. The lowest BCUT2D eigenvalue weighted by Gasteiger charge is -2.26. The van der Waals surface area contributed by atoms with Crippen molar-refractivity contribution in [2.75, 3.05) is 13.3 Å². The Morgan fingerprint density at radius 2 is 1.06 bits per heavy atom. The van der Waals surface area contributed by atoms with Gasteiger partial charge in [0.25, 0.3) is 0 Å². The maximum atomic E-state index is 12.3. The Bertz CT molecular complexity index is 216. The summed E-state index contributed by atoms with van der Waals surface area (Å²) in [6.45, 7) is -3.44. The van der Waals surface area contributed by atoms with Crippen LogP contribution in [0.1, 0.15) is 12.8 Å². The fraction of sp³-hybridized carbons (Fsp3) is 1.00.